The fourth-order valence-corrected chi connectivity index (χ4v) is 2.87. The average molecular weight is 343 g/mol. The van der Waals surface area contributed by atoms with Crippen molar-refractivity contribution >= 4 is 21.9 Å². The van der Waals surface area contributed by atoms with E-state index in [4.69, 9.17) is 4.74 Å². The number of rotatable bonds is 6. The summed E-state index contributed by atoms with van der Waals surface area (Å²) in [6, 6.07) is 7.75. The Balaban J connectivity index is 2.92. The molecule has 1 N–H and O–H groups in total. The van der Waals surface area contributed by atoms with E-state index < -0.39 is 11.5 Å². The molecule has 1 aromatic carbocycles. The molecule has 3 nitrogen and oxygen atoms in total. The van der Waals surface area contributed by atoms with Gasteiger partial charge in [-0.15, -0.1) is 0 Å². The molecule has 112 valence electrons. The van der Waals surface area contributed by atoms with Crippen LogP contribution in [0.25, 0.3) is 0 Å². The van der Waals surface area contributed by atoms with Gasteiger partial charge in [-0.1, -0.05) is 41.9 Å². The van der Waals surface area contributed by atoms with E-state index in [1.165, 1.54) is 0 Å². The zero-order valence-corrected chi connectivity index (χ0v) is 14.1. The smallest absolute Gasteiger partial charge is 0.312 e. The van der Waals surface area contributed by atoms with Crippen LogP contribution in [0.15, 0.2) is 28.7 Å². The molecule has 2 unspecified atom stereocenters. The summed E-state index contributed by atoms with van der Waals surface area (Å²) in [7, 11) is 0. The lowest BCUT2D eigenvalue weighted by Crippen LogP contribution is -2.45. The Bertz CT molecular complexity index is 438. The van der Waals surface area contributed by atoms with Gasteiger partial charge in [0.05, 0.1) is 18.1 Å². The molecule has 0 saturated carbocycles. The summed E-state index contributed by atoms with van der Waals surface area (Å²) in [5, 5.41) is 10.8. The van der Waals surface area contributed by atoms with Gasteiger partial charge in [-0.05, 0) is 37.5 Å². The first-order valence-electron chi connectivity index (χ1n) is 6.91. The highest BCUT2D eigenvalue weighted by molar-refractivity contribution is 9.10. The van der Waals surface area contributed by atoms with Gasteiger partial charge >= 0.3 is 5.97 Å². The van der Waals surface area contributed by atoms with E-state index in [-0.39, 0.29) is 11.9 Å². The molecule has 0 aliphatic carbocycles. The number of hydrogen-bond donors (Lipinski definition) is 1. The predicted molar refractivity (Wildman–Crippen MR) is 83.4 cm³/mol. The van der Waals surface area contributed by atoms with E-state index in [0.717, 1.165) is 10.0 Å². The van der Waals surface area contributed by atoms with E-state index >= 15 is 0 Å². The summed E-state index contributed by atoms with van der Waals surface area (Å²) >= 11 is 3.38. The SMILES string of the molecule is CCOC(=O)C(C(C)C)C(C)(O)Cc1ccc(Br)cc1. The van der Waals surface area contributed by atoms with Crippen LogP contribution in [0.2, 0.25) is 0 Å². The molecule has 0 aromatic heterocycles. The monoisotopic (exact) mass is 342 g/mol. The Kier molecular flexibility index (Phi) is 6.21. The number of halogens is 1. The first-order valence-corrected chi connectivity index (χ1v) is 7.70. The zero-order valence-electron chi connectivity index (χ0n) is 12.5. The molecule has 0 saturated heterocycles. The van der Waals surface area contributed by atoms with Crippen molar-refractivity contribution in [3.63, 3.8) is 0 Å². The Morgan fingerprint density at radius 3 is 2.35 bits per heavy atom. The third-order valence-corrected chi connectivity index (χ3v) is 3.88. The van der Waals surface area contributed by atoms with E-state index in [1.807, 2.05) is 38.1 Å². The first kappa shape index (κ1) is 17.2. The molecule has 0 spiro atoms. The summed E-state index contributed by atoms with van der Waals surface area (Å²) in [6.45, 7) is 7.67. The zero-order chi connectivity index (χ0) is 15.3. The van der Waals surface area contributed by atoms with Gasteiger partial charge < -0.3 is 9.84 Å². The molecule has 0 radical (unpaired) electrons. The van der Waals surface area contributed by atoms with Crippen LogP contribution in [0.5, 0.6) is 0 Å². The second kappa shape index (κ2) is 7.23. The van der Waals surface area contributed by atoms with Gasteiger partial charge in [0.25, 0.3) is 0 Å². The Morgan fingerprint density at radius 2 is 1.90 bits per heavy atom. The van der Waals surface area contributed by atoms with Gasteiger partial charge in [-0.2, -0.15) is 0 Å². The van der Waals surface area contributed by atoms with Crippen LogP contribution in [0.3, 0.4) is 0 Å². The minimum atomic E-state index is -1.13. The second-order valence-corrected chi connectivity index (χ2v) is 6.55. The Morgan fingerprint density at radius 1 is 1.35 bits per heavy atom. The highest BCUT2D eigenvalue weighted by Gasteiger charge is 2.40. The molecule has 0 aliphatic rings. The number of carbonyl (C=O) groups is 1. The molecule has 0 fully saturated rings. The fraction of sp³-hybridized carbons (Fsp3) is 0.562. The topological polar surface area (TPSA) is 46.5 Å². The Hall–Kier alpha value is -0.870. The molecule has 20 heavy (non-hydrogen) atoms. The molecule has 2 atom stereocenters. The number of hydrogen-bond acceptors (Lipinski definition) is 3. The van der Waals surface area contributed by atoms with Crippen molar-refractivity contribution in [2.45, 2.75) is 39.7 Å². The van der Waals surface area contributed by atoms with Crippen LogP contribution >= 0.6 is 15.9 Å². The first-order chi connectivity index (χ1) is 9.27. The maximum atomic E-state index is 12.1. The van der Waals surface area contributed by atoms with Crippen LogP contribution in [0, 0.1) is 11.8 Å². The van der Waals surface area contributed by atoms with Crippen molar-refractivity contribution in [2.24, 2.45) is 11.8 Å². The third-order valence-electron chi connectivity index (χ3n) is 3.35. The van der Waals surface area contributed by atoms with Gasteiger partial charge in [0.1, 0.15) is 0 Å². The Labute approximate surface area is 129 Å². The molecule has 0 bridgehead atoms. The number of carbonyl (C=O) groups excluding carboxylic acids is 1. The van der Waals surface area contributed by atoms with Gasteiger partial charge in [-0.3, -0.25) is 4.79 Å². The lowest BCUT2D eigenvalue weighted by molar-refractivity contribution is -0.160. The summed E-state index contributed by atoms with van der Waals surface area (Å²) in [5.74, 6) is -0.852. The quantitative estimate of drug-likeness (QED) is 0.803. The standard InChI is InChI=1S/C16H23BrO3/c1-5-20-15(18)14(11(2)3)16(4,19)10-12-6-8-13(17)9-7-12/h6-9,11,14,19H,5,10H2,1-4H3. The number of ether oxygens (including phenoxy) is 1. The molecule has 4 heteroatoms. The van der Waals surface area contributed by atoms with Crippen molar-refractivity contribution < 1.29 is 14.6 Å². The highest BCUT2D eigenvalue weighted by Crippen LogP contribution is 2.30. The van der Waals surface area contributed by atoms with Crippen LogP contribution in [0.1, 0.15) is 33.3 Å². The molecule has 0 heterocycles. The average Bonchev–Trinajstić information content (AvgIpc) is 2.31. The van der Waals surface area contributed by atoms with E-state index in [9.17, 15) is 9.90 Å². The molecular weight excluding hydrogens is 320 g/mol. The molecule has 0 amide bonds. The minimum Gasteiger partial charge on any atom is -0.466 e. The highest BCUT2D eigenvalue weighted by atomic mass is 79.9. The fourth-order valence-electron chi connectivity index (χ4n) is 2.60. The van der Waals surface area contributed by atoms with Gasteiger partial charge in [-0.25, -0.2) is 0 Å². The number of aliphatic hydroxyl groups is 1. The van der Waals surface area contributed by atoms with Crippen molar-refractivity contribution in [3.05, 3.63) is 34.3 Å². The normalized spacial score (nSPS) is 15.8. The maximum Gasteiger partial charge on any atom is 0.312 e. The summed E-state index contributed by atoms with van der Waals surface area (Å²) < 4.78 is 6.09. The van der Waals surface area contributed by atoms with Gasteiger partial charge in [0.2, 0.25) is 0 Å². The maximum absolute atomic E-state index is 12.1. The van der Waals surface area contributed by atoms with Crippen molar-refractivity contribution in [1.82, 2.24) is 0 Å². The molecular formula is C16H23BrO3. The van der Waals surface area contributed by atoms with Crippen LogP contribution in [-0.4, -0.2) is 23.3 Å². The third kappa shape index (κ3) is 4.60. The van der Waals surface area contributed by atoms with Gasteiger partial charge in [0, 0.05) is 10.9 Å². The number of esters is 1. The molecule has 0 aliphatic heterocycles. The van der Waals surface area contributed by atoms with E-state index in [1.54, 1.807) is 13.8 Å². The molecule has 1 rings (SSSR count). The van der Waals surface area contributed by atoms with E-state index in [0.29, 0.717) is 13.0 Å². The summed E-state index contributed by atoms with van der Waals surface area (Å²) in [6.07, 6.45) is 0.419. The van der Waals surface area contributed by atoms with Crippen molar-refractivity contribution in [1.29, 1.82) is 0 Å². The molecule has 1 aromatic rings. The van der Waals surface area contributed by atoms with Crippen LogP contribution in [0.4, 0.5) is 0 Å². The van der Waals surface area contributed by atoms with Crippen molar-refractivity contribution in [2.75, 3.05) is 6.61 Å². The lowest BCUT2D eigenvalue weighted by Gasteiger charge is -2.34. The number of benzene rings is 1. The second-order valence-electron chi connectivity index (χ2n) is 5.63. The van der Waals surface area contributed by atoms with E-state index in [2.05, 4.69) is 15.9 Å². The minimum absolute atomic E-state index is 0.0134. The van der Waals surface area contributed by atoms with Crippen molar-refractivity contribution in [3.8, 4) is 0 Å². The predicted octanol–water partition coefficient (Wildman–Crippen LogP) is 3.58. The van der Waals surface area contributed by atoms with Gasteiger partial charge in [0.15, 0.2) is 0 Å². The summed E-state index contributed by atoms with van der Waals surface area (Å²) in [5.41, 5.74) is -0.137. The lowest BCUT2D eigenvalue weighted by atomic mass is 9.77. The van der Waals surface area contributed by atoms with Crippen LogP contribution in [-0.2, 0) is 16.0 Å². The van der Waals surface area contributed by atoms with Crippen LogP contribution < -0.4 is 0 Å². The largest absolute Gasteiger partial charge is 0.466 e. The summed E-state index contributed by atoms with van der Waals surface area (Å²) in [4.78, 5) is 12.1.